The van der Waals surface area contributed by atoms with Gasteiger partial charge in [0, 0.05) is 5.97 Å². The Bertz CT molecular complexity index is 48.2. The summed E-state index contributed by atoms with van der Waals surface area (Å²) in [6.07, 6.45) is 0.111. The normalized spacial score (nSPS) is 5.29. The van der Waals surface area contributed by atoms with Gasteiger partial charge in [-0.1, -0.05) is 6.92 Å². The number of rotatable bonds is 1. The third-order valence-electron chi connectivity index (χ3n) is 0.289. The Labute approximate surface area is 53.2 Å². The van der Waals surface area contributed by atoms with Gasteiger partial charge in [-0.3, -0.25) is 0 Å². The Morgan fingerprint density at radius 3 is 1.86 bits per heavy atom. The quantitative estimate of drug-likeness (QED) is 0.518. The Morgan fingerprint density at radius 1 is 1.71 bits per heavy atom. The Balaban J connectivity index is -0.0000000800. The minimum atomic E-state index is -0.995. The maximum Gasteiger partial charge on any atom is 2.00 e. The van der Waals surface area contributed by atoms with Crippen molar-refractivity contribution in [2.24, 2.45) is 0 Å². The van der Waals surface area contributed by atoms with Crippen molar-refractivity contribution in [1.29, 1.82) is 0 Å². The van der Waals surface area contributed by atoms with Gasteiger partial charge in [-0.25, -0.2) is 0 Å². The molecular weight excluding hydrogens is 146 g/mol. The second kappa shape index (κ2) is 9.34. The van der Waals surface area contributed by atoms with Crippen LogP contribution in [0.4, 0.5) is 0 Å². The fourth-order valence-corrected chi connectivity index (χ4v) is 0. The topological polar surface area (TPSA) is 76.6 Å². The molecule has 0 saturated carbocycles. The van der Waals surface area contributed by atoms with E-state index in [1.807, 2.05) is 0 Å². The molecule has 4 heteroatoms. The maximum absolute atomic E-state index is 9.26. The number of hydrogen-bond donors (Lipinski definition) is 1. The smallest absolute Gasteiger partial charge is 0.550 e. The van der Waals surface area contributed by atoms with Gasteiger partial charge in [0.15, 0.2) is 0 Å². The van der Waals surface area contributed by atoms with E-state index in [4.69, 9.17) is 0 Å². The number of carbonyl (C=O) groups is 1. The van der Waals surface area contributed by atoms with Crippen molar-refractivity contribution in [3.63, 3.8) is 0 Å². The number of carbonyl (C=O) groups excluding carboxylic acids is 1. The molecule has 0 rings (SSSR count). The number of carboxylic acids is 1. The average molecular weight is 155 g/mol. The van der Waals surface area contributed by atoms with Gasteiger partial charge < -0.3 is 16.1 Å². The second-order valence-corrected chi connectivity index (χ2v) is 0.726. The van der Waals surface area contributed by atoms with Gasteiger partial charge in [0.05, 0.1) is 0 Å². The van der Waals surface area contributed by atoms with Crippen LogP contribution in [0.5, 0.6) is 0 Å². The fourth-order valence-electron chi connectivity index (χ4n) is 0. The number of aliphatic carboxylic acids is 1. The van der Waals surface area contributed by atoms with Gasteiger partial charge in [0.2, 0.25) is 0 Å². The van der Waals surface area contributed by atoms with Crippen molar-refractivity contribution in [1.82, 2.24) is 6.15 Å². The van der Waals surface area contributed by atoms with E-state index in [0.717, 1.165) is 0 Å². The summed E-state index contributed by atoms with van der Waals surface area (Å²) in [6.45, 7) is 1.54. The van der Waals surface area contributed by atoms with Crippen LogP contribution in [0.3, 0.4) is 0 Å². The molecule has 0 aliphatic rings. The molecule has 0 aliphatic heterocycles. The van der Waals surface area contributed by atoms with Crippen molar-refractivity contribution in [2.45, 2.75) is 13.3 Å². The summed E-state index contributed by atoms with van der Waals surface area (Å²) < 4.78 is 0. The van der Waals surface area contributed by atoms with E-state index in [0.29, 0.717) is 0 Å². The standard InChI is InChI=1S/C3H6O2.Cu.H3N/c1-2-3(4)5;;/h2H2,1H3,(H,4,5);;1H3/q;+2;. The van der Waals surface area contributed by atoms with Gasteiger partial charge >= 0.3 is 17.1 Å². The van der Waals surface area contributed by atoms with Gasteiger partial charge in [0.25, 0.3) is 0 Å². The molecule has 7 heavy (non-hydrogen) atoms. The first-order valence-corrected chi connectivity index (χ1v) is 1.47. The van der Waals surface area contributed by atoms with Crippen LogP contribution in [0.2, 0.25) is 0 Å². The first-order chi connectivity index (χ1) is 2.27. The second-order valence-electron chi connectivity index (χ2n) is 0.726. The van der Waals surface area contributed by atoms with E-state index in [9.17, 15) is 9.90 Å². The molecule has 0 heterocycles. The van der Waals surface area contributed by atoms with E-state index in [1.165, 1.54) is 6.92 Å². The van der Waals surface area contributed by atoms with Crippen LogP contribution in [-0.2, 0) is 21.9 Å². The summed E-state index contributed by atoms with van der Waals surface area (Å²) in [5.41, 5.74) is 0. The summed E-state index contributed by atoms with van der Waals surface area (Å²) in [6, 6.07) is 0. The van der Waals surface area contributed by atoms with Crippen molar-refractivity contribution < 1.29 is 27.0 Å². The van der Waals surface area contributed by atoms with Crippen LogP contribution in [0, 0.1) is 0 Å². The predicted molar refractivity (Wildman–Crippen MR) is 21.3 cm³/mol. The monoisotopic (exact) mass is 154 g/mol. The summed E-state index contributed by atoms with van der Waals surface area (Å²) in [5, 5.41) is 9.26. The first kappa shape index (κ1) is 15.8. The Morgan fingerprint density at radius 2 is 1.86 bits per heavy atom. The molecule has 0 spiro atoms. The fraction of sp³-hybridized carbons (Fsp3) is 0.667. The SMILES string of the molecule is CCC(=O)[O-].[Cu+2].[NH4+]. The summed E-state index contributed by atoms with van der Waals surface area (Å²) in [4.78, 5) is 9.26. The van der Waals surface area contributed by atoms with Crippen LogP contribution in [0.15, 0.2) is 0 Å². The third kappa shape index (κ3) is 24.4. The number of quaternary nitrogens is 1. The van der Waals surface area contributed by atoms with E-state index in [2.05, 4.69) is 0 Å². The molecule has 0 aliphatic carbocycles. The molecule has 0 fully saturated rings. The van der Waals surface area contributed by atoms with E-state index in [-0.39, 0.29) is 29.6 Å². The largest absolute Gasteiger partial charge is 2.00 e. The molecule has 0 unspecified atom stereocenters. The van der Waals surface area contributed by atoms with Gasteiger partial charge in [0.1, 0.15) is 0 Å². The molecule has 0 saturated heterocycles. The van der Waals surface area contributed by atoms with Gasteiger partial charge in [-0.15, -0.1) is 0 Å². The van der Waals surface area contributed by atoms with Gasteiger partial charge in [-0.2, -0.15) is 0 Å². The van der Waals surface area contributed by atoms with Crippen molar-refractivity contribution >= 4 is 5.97 Å². The van der Waals surface area contributed by atoms with Crippen LogP contribution in [0.25, 0.3) is 0 Å². The van der Waals surface area contributed by atoms with E-state index >= 15 is 0 Å². The Hall–Kier alpha value is -0.0505. The molecule has 0 aromatic rings. The molecular formula is C3H9CuNO2+2. The minimum Gasteiger partial charge on any atom is -0.550 e. The van der Waals surface area contributed by atoms with Gasteiger partial charge in [-0.05, 0) is 6.42 Å². The molecule has 3 nitrogen and oxygen atoms in total. The molecule has 0 aromatic heterocycles. The summed E-state index contributed by atoms with van der Waals surface area (Å²) >= 11 is 0. The third-order valence-corrected chi connectivity index (χ3v) is 0.289. The molecule has 0 atom stereocenters. The first-order valence-electron chi connectivity index (χ1n) is 1.47. The number of hydrogen-bond acceptors (Lipinski definition) is 2. The van der Waals surface area contributed by atoms with Crippen LogP contribution in [0.1, 0.15) is 13.3 Å². The summed E-state index contributed by atoms with van der Waals surface area (Å²) in [7, 11) is 0. The molecule has 1 radical (unpaired) electrons. The molecule has 47 valence electrons. The van der Waals surface area contributed by atoms with Crippen LogP contribution >= 0.6 is 0 Å². The summed E-state index contributed by atoms with van der Waals surface area (Å²) in [5.74, 6) is -0.995. The molecule has 4 N–H and O–H groups in total. The van der Waals surface area contributed by atoms with Crippen molar-refractivity contribution in [3.8, 4) is 0 Å². The zero-order chi connectivity index (χ0) is 4.28. The van der Waals surface area contributed by atoms with Crippen LogP contribution < -0.4 is 11.3 Å². The maximum atomic E-state index is 9.26. The molecule has 0 aromatic carbocycles. The predicted octanol–water partition coefficient (Wildman–Crippen LogP) is -0.480. The van der Waals surface area contributed by atoms with Crippen LogP contribution in [-0.4, -0.2) is 5.97 Å². The van der Waals surface area contributed by atoms with Crippen molar-refractivity contribution in [3.05, 3.63) is 0 Å². The zero-order valence-corrected chi connectivity index (χ0v) is 5.27. The number of carboxylic acid groups (broad SMARTS) is 1. The zero-order valence-electron chi connectivity index (χ0n) is 4.33. The average Bonchev–Trinajstić information content (AvgIpc) is 1.38. The van der Waals surface area contributed by atoms with E-state index in [1.54, 1.807) is 0 Å². The molecule has 0 bridgehead atoms. The molecule has 0 amide bonds. The van der Waals surface area contributed by atoms with E-state index < -0.39 is 5.97 Å². The van der Waals surface area contributed by atoms with Crippen molar-refractivity contribution in [2.75, 3.05) is 0 Å². The Kier molecular flexibility index (Phi) is 21.0. The minimum absolute atomic E-state index is 0.